The Hall–Kier alpha value is -1.26. The molecule has 4 heteroatoms. The van der Waals surface area contributed by atoms with Crippen molar-refractivity contribution >= 4 is 0 Å². The summed E-state index contributed by atoms with van der Waals surface area (Å²) in [6, 6.07) is 6.04. The number of hydrogen-bond acceptors (Lipinski definition) is 4. The minimum atomic E-state index is 0.194. The molecule has 0 aliphatic heterocycles. The highest BCUT2D eigenvalue weighted by molar-refractivity contribution is 5.43. The fourth-order valence-electron chi connectivity index (χ4n) is 1.63. The molecule has 19 heavy (non-hydrogen) atoms. The molecule has 0 saturated carbocycles. The van der Waals surface area contributed by atoms with Gasteiger partial charge in [-0.1, -0.05) is 13.0 Å². The second kappa shape index (κ2) is 8.77. The molecule has 0 heterocycles. The zero-order chi connectivity index (χ0) is 14.1. The maximum absolute atomic E-state index is 5.82. The van der Waals surface area contributed by atoms with E-state index in [4.69, 9.17) is 14.2 Å². The molecule has 0 radical (unpaired) electrons. The SMILES string of the molecule is CC[C@@H](C)Oc1ccc(CNCCOC)cc1OC. The first-order valence-corrected chi connectivity index (χ1v) is 6.74. The summed E-state index contributed by atoms with van der Waals surface area (Å²) in [5.74, 6) is 1.59. The second-order valence-corrected chi connectivity index (χ2v) is 4.49. The van der Waals surface area contributed by atoms with Gasteiger partial charge in [-0.2, -0.15) is 0 Å². The molecule has 0 aliphatic rings. The maximum Gasteiger partial charge on any atom is 0.161 e. The van der Waals surface area contributed by atoms with Crippen molar-refractivity contribution in [2.75, 3.05) is 27.4 Å². The van der Waals surface area contributed by atoms with E-state index in [0.29, 0.717) is 6.61 Å². The van der Waals surface area contributed by atoms with E-state index in [-0.39, 0.29) is 6.10 Å². The van der Waals surface area contributed by atoms with E-state index < -0.39 is 0 Å². The third kappa shape index (κ3) is 5.49. The predicted octanol–water partition coefficient (Wildman–Crippen LogP) is 2.61. The van der Waals surface area contributed by atoms with Crippen molar-refractivity contribution in [2.45, 2.75) is 32.9 Å². The van der Waals surface area contributed by atoms with Crippen LogP contribution < -0.4 is 14.8 Å². The Labute approximate surface area is 116 Å². The van der Waals surface area contributed by atoms with Gasteiger partial charge in [0.1, 0.15) is 0 Å². The number of rotatable bonds is 9. The Bertz CT molecular complexity index is 368. The van der Waals surface area contributed by atoms with Crippen molar-refractivity contribution in [3.05, 3.63) is 23.8 Å². The van der Waals surface area contributed by atoms with E-state index in [1.165, 1.54) is 5.56 Å². The van der Waals surface area contributed by atoms with E-state index >= 15 is 0 Å². The topological polar surface area (TPSA) is 39.7 Å². The molecule has 1 aromatic carbocycles. The minimum absolute atomic E-state index is 0.194. The Morgan fingerprint density at radius 1 is 1.21 bits per heavy atom. The van der Waals surface area contributed by atoms with Crippen molar-refractivity contribution in [3.63, 3.8) is 0 Å². The number of nitrogens with one attached hydrogen (secondary N) is 1. The summed E-state index contributed by atoms with van der Waals surface area (Å²) in [5.41, 5.74) is 1.17. The predicted molar refractivity (Wildman–Crippen MR) is 77.0 cm³/mol. The van der Waals surface area contributed by atoms with Crippen molar-refractivity contribution in [1.82, 2.24) is 5.32 Å². The van der Waals surface area contributed by atoms with Crippen molar-refractivity contribution in [3.8, 4) is 11.5 Å². The van der Waals surface area contributed by atoms with Crippen molar-refractivity contribution < 1.29 is 14.2 Å². The lowest BCUT2D eigenvalue weighted by molar-refractivity contribution is 0.199. The van der Waals surface area contributed by atoms with Gasteiger partial charge in [0.2, 0.25) is 0 Å². The third-order valence-electron chi connectivity index (χ3n) is 2.94. The van der Waals surface area contributed by atoms with Gasteiger partial charge in [0.15, 0.2) is 11.5 Å². The van der Waals surface area contributed by atoms with Crippen LogP contribution in [-0.2, 0) is 11.3 Å². The molecule has 0 saturated heterocycles. The quantitative estimate of drug-likeness (QED) is 0.698. The molecule has 4 nitrogen and oxygen atoms in total. The molecule has 0 bridgehead atoms. The fourth-order valence-corrected chi connectivity index (χ4v) is 1.63. The summed E-state index contributed by atoms with van der Waals surface area (Å²) < 4.78 is 16.2. The normalized spacial score (nSPS) is 12.2. The van der Waals surface area contributed by atoms with Crippen LogP contribution in [0.3, 0.4) is 0 Å². The molecule has 1 aromatic rings. The van der Waals surface area contributed by atoms with Crippen LogP contribution in [0.2, 0.25) is 0 Å². The van der Waals surface area contributed by atoms with Crippen LogP contribution in [0.5, 0.6) is 11.5 Å². The van der Waals surface area contributed by atoms with Gasteiger partial charge in [-0.05, 0) is 31.0 Å². The van der Waals surface area contributed by atoms with Crippen LogP contribution in [0.25, 0.3) is 0 Å². The fraction of sp³-hybridized carbons (Fsp3) is 0.600. The van der Waals surface area contributed by atoms with Gasteiger partial charge in [0, 0.05) is 20.2 Å². The van der Waals surface area contributed by atoms with E-state index in [1.807, 2.05) is 12.1 Å². The molecule has 1 atom stereocenters. The van der Waals surface area contributed by atoms with Crippen molar-refractivity contribution in [2.24, 2.45) is 0 Å². The largest absolute Gasteiger partial charge is 0.493 e. The van der Waals surface area contributed by atoms with Gasteiger partial charge >= 0.3 is 0 Å². The van der Waals surface area contributed by atoms with Crippen LogP contribution in [0, 0.1) is 0 Å². The van der Waals surface area contributed by atoms with E-state index in [0.717, 1.165) is 31.0 Å². The molecule has 0 aromatic heterocycles. The lowest BCUT2D eigenvalue weighted by Gasteiger charge is -2.16. The molecule has 108 valence electrons. The second-order valence-electron chi connectivity index (χ2n) is 4.49. The van der Waals surface area contributed by atoms with E-state index in [1.54, 1.807) is 14.2 Å². The summed E-state index contributed by atoms with van der Waals surface area (Å²) in [4.78, 5) is 0. The zero-order valence-electron chi connectivity index (χ0n) is 12.4. The van der Waals surface area contributed by atoms with Crippen LogP contribution in [0.4, 0.5) is 0 Å². The zero-order valence-corrected chi connectivity index (χ0v) is 12.4. The van der Waals surface area contributed by atoms with E-state index in [2.05, 4.69) is 25.2 Å². The Balaban J connectivity index is 2.61. The Morgan fingerprint density at radius 3 is 2.63 bits per heavy atom. The summed E-state index contributed by atoms with van der Waals surface area (Å²) in [7, 11) is 3.37. The standard InChI is InChI=1S/C15H25NO3/c1-5-12(2)19-14-7-6-13(10-15(14)18-4)11-16-8-9-17-3/h6-7,10,12,16H,5,8-9,11H2,1-4H3/t12-/m1/s1. The highest BCUT2D eigenvalue weighted by Gasteiger charge is 2.08. The molecule has 0 unspecified atom stereocenters. The Morgan fingerprint density at radius 2 is 2.00 bits per heavy atom. The first-order valence-electron chi connectivity index (χ1n) is 6.74. The molecule has 1 N–H and O–H groups in total. The first-order chi connectivity index (χ1) is 9.21. The summed E-state index contributed by atoms with van der Waals surface area (Å²) in [6.07, 6.45) is 1.17. The average Bonchev–Trinajstić information content (AvgIpc) is 2.44. The molecule has 0 fully saturated rings. The average molecular weight is 267 g/mol. The molecule has 0 spiro atoms. The first kappa shape index (κ1) is 15.8. The smallest absolute Gasteiger partial charge is 0.161 e. The molecule has 1 rings (SSSR count). The van der Waals surface area contributed by atoms with Crippen molar-refractivity contribution in [1.29, 1.82) is 0 Å². The highest BCUT2D eigenvalue weighted by Crippen LogP contribution is 2.29. The Kier molecular flexibility index (Phi) is 7.30. The number of benzene rings is 1. The van der Waals surface area contributed by atoms with E-state index in [9.17, 15) is 0 Å². The number of ether oxygens (including phenoxy) is 3. The van der Waals surface area contributed by atoms with Gasteiger partial charge in [-0.15, -0.1) is 0 Å². The van der Waals surface area contributed by atoms with Gasteiger partial charge in [-0.3, -0.25) is 0 Å². The minimum Gasteiger partial charge on any atom is -0.493 e. The summed E-state index contributed by atoms with van der Waals surface area (Å²) >= 11 is 0. The summed E-state index contributed by atoms with van der Waals surface area (Å²) in [6.45, 7) is 6.50. The monoisotopic (exact) mass is 267 g/mol. The van der Waals surface area contributed by atoms with Crippen LogP contribution in [0.15, 0.2) is 18.2 Å². The number of hydrogen-bond donors (Lipinski definition) is 1. The van der Waals surface area contributed by atoms with Crippen LogP contribution in [-0.4, -0.2) is 33.5 Å². The molecular formula is C15H25NO3. The summed E-state index contributed by atoms with van der Waals surface area (Å²) in [5, 5.41) is 3.30. The van der Waals surface area contributed by atoms with Gasteiger partial charge in [-0.25, -0.2) is 0 Å². The van der Waals surface area contributed by atoms with Crippen LogP contribution in [0.1, 0.15) is 25.8 Å². The lowest BCUT2D eigenvalue weighted by Crippen LogP contribution is -2.18. The highest BCUT2D eigenvalue weighted by atomic mass is 16.5. The molecule has 0 amide bonds. The maximum atomic E-state index is 5.82. The van der Waals surface area contributed by atoms with Gasteiger partial charge in [0.25, 0.3) is 0 Å². The van der Waals surface area contributed by atoms with Crippen LogP contribution >= 0.6 is 0 Å². The number of methoxy groups -OCH3 is 2. The molecular weight excluding hydrogens is 242 g/mol. The lowest BCUT2D eigenvalue weighted by atomic mass is 10.2. The van der Waals surface area contributed by atoms with Gasteiger partial charge < -0.3 is 19.5 Å². The third-order valence-corrected chi connectivity index (χ3v) is 2.94. The molecule has 0 aliphatic carbocycles. The van der Waals surface area contributed by atoms with Gasteiger partial charge in [0.05, 0.1) is 19.8 Å².